The predicted molar refractivity (Wildman–Crippen MR) is 128 cm³/mol. The van der Waals surface area contributed by atoms with Crippen molar-refractivity contribution in [3.8, 4) is 0 Å². The van der Waals surface area contributed by atoms with E-state index in [-0.39, 0.29) is 6.54 Å². The van der Waals surface area contributed by atoms with Gasteiger partial charge in [0.1, 0.15) is 6.23 Å². The number of hydrogen-bond acceptors (Lipinski definition) is 5. The van der Waals surface area contributed by atoms with Gasteiger partial charge < -0.3 is 24.7 Å². The Morgan fingerprint density at radius 2 is 1.56 bits per heavy atom. The number of nitrogens with two attached hydrogens (primary N) is 1. The van der Waals surface area contributed by atoms with Crippen LogP contribution in [-0.2, 0) is 21.4 Å². The van der Waals surface area contributed by atoms with E-state index in [2.05, 4.69) is 5.32 Å². The lowest BCUT2D eigenvalue weighted by atomic mass is 9.95. The summed E-state index contributed by atoms with van der Waals surface area (Å²) in [7, 11) is 1.92. The number of amides is 2. The molecule has 2 aliphatic heterocycles. The Bertz CT molecular complexity index is 1510. The SMILES string of the molecule is Cn1cc(C2=C(c3cn([C@@H]4C[C@@H](O)[C@@H](CN)O4)c4ccccc34)C(=O)NC2=O)c2ccccc21. The minimum atomic E-state index is -0.665. The Kier molecular flexibility index (Phi) is 4.70. The molecule has 3 atom stereocenters. The van der Waals surface area contributed by atoms with Gasteiger partial charge in [0.2, 0.25) is 0 Å². The van der Waals surface area contributed by atoms with Crippen molar-refractivity contribution in [2.24, 2.45) is 12.8 Å². The van der Waals surface area contributed by atoms with Crippen LogP contribution in [0.4, 0.5) is 0 Å². The fourth-order valence-electron chi connectivity index (χ4n) is 5.25. The fraction of sp³-hybridized carbons (Fsp3) is 0.231. The van der Waals surface area contributed by atoms with Gasteiger partial charge in [-0.2, -0.15) is 0 Å². The summed E-state index contributed by atoms with van der Waals surface area (Å²) in [5.41, 5.74) is 9.63. The maximum absolute atomic E-state index is 13.1. The highest BCUT2D eigenvalue weighted by molar-refractivity contribution is 6.50. The molecule has 1 fully saturated rings. The molecule has 34 heavy (non-hydrogen) atoms. The normalized spacial score (nSPS) is 23.0. The van der Waals surface area contributed by atoms with E-state index in [1.165, 1.54) is 0 Å². The zero-order valence-electron chi connectivity index (χ0n) is 18.6. The van der Waals surface area contributed by atoms with Gasteiger partial charge in [0.05, 0.1) is 28.9 Å². The van der Waals surface area contributed by atoms with Crippen LogP contribution in [0.15, 0.2) is 60.9 Å². The number of imide groups is 1. The monoisotopic (exact) mass is 456 g/mol. The summed E-state index contributed by atoms with van der Waals surface area (Å²) in [4.78, 5) is 26.2. The van der Waals surface area contributed by atoms with Crippen LogP contribution in [-0.4, -0.2) is 44.8 Å². The van der Waals surface area contributed by atoms with Crippen molar-refractivity contribution in [3.05, 3.63) is 72.1 Å². The van der Waals surface area contributed by atoms with E-state index >= 15 is 0 Å². The van der Waals surface area contributed by atoms with E-state index in [4.69, 9.17) is 10.5 Å². The average Bonchev–Trinajstić information content (AvgIpc) is 3.56. The number of fused-ring (bicyclic) bond motifs is 2. The first-order chi connectivity index (χ1) is 16.5. The van der Waals surface area contributed by atoms with Crippen molar-refractivity contribution in [2.45, 2.75) is 24.9 Å². The van der Waals surface area contributed by atoms with E-state index in [1.807, 2.05) is 77.1 Å². The van der Waals surface area contributed by atoms with Gasteiger partial charge in [-0.3, -0.25) is 14.9 Å². The minimum absolute atomic E-state index is 0.219. The number of aryl methyl sites for hydroxylation is 1. The van der Waals surface area contributed by atoms with Crippen molar-refractivity contribution in [1.29, 1.82) is 0 Å². The second kappa shape index (κ2) is 7.66. The van der Waals surface area contributed by atoms with Gasteiger partial charge >= 0.3 is 0 Å². The number of carbonyl (C=O) groups excluding carboxylic acids is 2. The van der Waals surface area contributed by atoms with Crippen molar-refractivity contribution >= 4 is 44.8 Å². The third-order valence-electron chi connectivity index (χ3n) is 6.85. The molecule has 2 amide bonds. The summed E-state index contributed by atoms with van der Waals surface area (Å²) >= 11 is 0. The van der Waals surface area contributed by atoms with Gasteiger partial charge in [0.25, 0.3) is 11.8 Å². The molecule has 2 aromatic carbocycles. The first-order valence-electron chi connectivity index (χ1n) is 11.3. The van der Waals surface area contributed by atoms with Gasteiger partial charge in [0, 0.05) is 59.8 Å². The number of aromatic nitrogens is 2. The zero-order valence-corrected chi connectivity index (χ0v) is 18.6. The first-order valence-corrected chi connectivity index (χ1v) is 11.3. The maximum Gasteiger partial charge on any atom is 0.259 e. The summed E-state index contributed by atoms with van der Waals surface area (Å²) in [5, 5.41) is 14.6. The molecular weight excluding hydrogens is 432 g/mol. The van der Waals surface area contributed by atoms with E-state index < -0.39 is 30.3 Å². The second-order valence-corrected chi connectivity index (χ2v) is 8.84. The van der Waals surface area contributed by atoms with E-state index in [1.54, 1.807) is 0 Å². The van der Waals surface area contributed by atoms with Crippen LogP contribution >= 0.6 is 0 Å². The highest BCUT2D eigenvalue weighted by atomic mass is 16.5. The van der Waals surface area contributed by atoms with Crippen LogP contribution in [0.1, 0.15) is 23.8 Å². The summed E-state index contributed by atoms with van der Waals surface area (Å²) < 4.78 is 9.89. The molecule has 0 aliphatic carbocycles. The Balaban J connectivity index is 1.59. The summed E-state index contributed by atoms with van der Waals surface area (Å²) in [6.45, 7) is 0.219. The number of para-hydroxylation sites is 2. The second-order valence-electron chi connectivity index (χ2n) is 8.84. The number of hydrogen-bond donors (Lipinski definition) is 3. The van der Waals surface area contributed by atoms with Crippen LogP contribution in [0.5, 0.6) is 0 Å². The van der Waals surface area contributed by atoms with Crippen LogP contribution in [0, 0.1) is 0 Å². The molecule has 4 aromatic rings. The first kappa shape index (κ1) is 20.9. The molecule has 2 aromatic heterocycles. The van der Waals surface area contributed by atoms with Crippen LogP contribution in [0.3, 0.4) is 0 Å². The molecule has 0 unspecified atom stereocenters. The Morgan fingerprint density at radius 3 is 2.21 bits per heavy atom. The standard InChI is InChI=1S/C26H24N4O4/c1-29-12-16(14-6-2-4-8-18(14)29)23-24(26(33)28-25(23)32)17-13-30(19-9-5-3-7-15(17)19)22-10-20(31)21(11-27)34-22/h2-9,12-13,20-22,31H,10-11,27H2,1H3,(H,28,32,33)/t20-,21-,22+/m1/s1. The van der Waals surface area contributed by atoms with E-state index in [0.29, 0.717) is 28.7 Å². The van der Waals surface area contributed by atoms with Crippen molar-refractivity contribution in [3.63, 3.8) is 0 Å². The molecule has 172 valence electrons. The molecule has 1 saturated heterocycles. The summed E-state index contributed by atoms with van der Waals surface area (Å²) in [5.74, 6) is -0.841. The largest absolute Gasteiger partial charge is 0.390 e. The van der Waals surface area contributed by atoms with E-state index in [9.17, 15) is 14.7 Å². The van der Waals surface area contributed by atoms with Crippen LogP contribution in [0.25, 0.3) is 33.0 Å². The maximum atomic E-state index is 13.1. The van der Waals surface area contributed by atoms with Gasteiger partial charge in [0.15, 0.2) is 0 Å². The van der Waals surface area contributed by atoms with Crippen molar-refractivity contribution in [1.82, 2.24) is 14.5 Å². The molecule has 4 heterocycles. The Hall–Kier alpha value is -3.72. The number of carbonyl (C=O) groups is 2. The lowest BCUT2D eigenvalue weighted by molar-refractivity contribution is -0.122. The Labute approximate surface area is 195 Å². The molecule has 0 spiro atoms. The smallest absolute Gasteiger partial charge is 0.259 e. The summed E-state index contributed by atoms with van der Waals surface area (Å²) in [6, 6.07) is 15.5. The number of ether oxygens (including phenoxy) is 1. The molecule has 0 radical (unpaired) electrons. The van der Waals surface area contributed by atoms with Gasteiger partial charge in [-0.25, -0.2) is 0 Å². The van der Waals surface area contributed by atoms with Crippen molar-refractivity contribution in [2.75, 3.05) is 6.54 Å². The number of aliphatic hydroxyl groups is 1. The highest BCUT2D eigenvalue weighted by Crippen LogP contribution is 2.40. The van der Waals surface area contributed by atoms with Crippen LogP contribution in [0.2, 0.25) is 0 Å². The van der Waals surface area contributed by atoms with Gasteiger partial charge in [-0.1, -0.05) is 36.4 Å². The highest BCUT2D eigenvalue weighted by Gasteiger charge is 2.38. The number of nitrogens with one attached hydrogen (secondary N) is 1. The number of benzene rings is 2. The van der Waals surface area contributed by atoms with Crippen molar-refractivity contribution < 1.29 is 19.4 Å². The van der Waals surface area contributed by atoms with Crippen LogP contribution < -0.4 is 11.1 Å². The molecule has 8 nitrogen and oxygen atoms in total. The minimum Gasteiger partial charge on any atom is -0.390 e. The summed E-state index contributed by atoms with van der Waals surface area (Å²) in [6.07, 6.45) is 2.58. The molecule has 0 saturated carbocycles. The third-order valence-corrected chi connectivity index (χ3v) is 6.85. The van der Waals surface area contributed by atoms with Gasteiger partial charge in [-0.05, 0) is 12.1 Å². The molecule has 8 heteroatoms. The topological polar surface area (TPSA) is 112 Å². The average molecular weight is 457 g/mol. The predicted octanol–water partition coefficient (Wildman–Crippen LogP) is 2.31. The molecular formula is C26H24N4O4. The number of aliphatic hydroxyl groups excluding tert-OH is 1. The van der Waals surface area contributed by atoms with E-state index in [0.717, 1.165) is 21.8 Å². The lowest BCUT2D eigenvalue weighted by Crippen LogP contribution is -2.29. The molecule has 2 aliphatic rings. The number of nitrogens with zero attached hydrogens (tertiary/aromatic N) is 2. The Morgan fingerprint density at radius 1 is 0.971 bits per heavy atom. The third kappa shape index (κ3) is 2.96. The quantitative estimate of drug-likeness (QED) is 0.408. The molecule has 6 rings (SSSR count). The lowest BCUT2D eigenvalue weighted by Gasteiger charge is -2.15. The van der Waals surface area contributed by atoms with Gasteiger partial charge in [-0.15, -0.1) is 0 Å². The molecule has 0 bridgehead atoms. The zero-order chi connectivity index (χ0) is 23.6. The molecule has 4 N–H and O–H groups in total. The number of rotatable bonds is 4. The fourth-order valence-corrected chi connectivity index (χ4v) is 5.25.